The van der Waals surface area contributed by atoms with Gasteiger partial charge in [-0.25, -0.2) is 18.6 Å². The summed E-state index contributed by atoms with van der Waals surface area (Å²) in [6.07, 6.45) is 5.11. The molecule has 2 aliphatic heterocycles. The van der Waals surface area contributed by atoms with Gasteiger partial charge in [-0.1, -0.05) is 30.2 Å². The fourth-order valence-corrected chi connectivity index (χ4v) is 4.83. The topological polar surface area (TPSA) is 141 Å². The highest BCUT2D eigenvalue weighted by Gasteiger charge is 2.39. The summed E-state index contributed by atoms with van der Waals surface area (Å²) in [4.78, 5) is 51.1. The Morgan fingerprint density at radius 3 is 1.39 bits per heavy atom. The fraction of sp³-hybridized carbons (Fsp3) is 0.0588. The maximum absolute atomic E-state index is 14.4. The number of terminal acetylenes is 1. The molecule has 0 bridgehead atoms. The van der Waals surface area contributed by atoms with Gasteiger partial charge >= 0.3 is 0 Å². The average Bonchev–Trinajstić information content (AvgIpc) is 3.48. The minimum absolute atomic E-state index is 0.00315. The summed E-state index contributed by atoms with van der Waals surface area (Å²) >= 11 is 0. The lowest BCUT2D eigenvalue weighted by Crippen LogP contribution is -2.30. The number of hydrogen-bond donors (Lipinski definition) is 0. The van der Waals surface area contributed by atoms with Gasteiger partial charge in [0, 0.05) is 12.1 Å². The number of amides is 4. The SMILES string of the molecule is C#CCOc1cc(N2C(=O)c3ccccc3C2=O)c(F)cc1C#N.COc1cc(N2C(=O)c3ccccc3C2=O)c(F)cc1C#N. The minimum Gasteiger partial charge on any atom is -0.495 e. The third kappa shape index (κ3) is 5.15. The van der Waals surface area contributed by atoms with E-state index in [-0.39, 0.29) is 62.9 Å². The van der Waals surface area contributed by atoms with Crippen molar-refractivity contribution in [2.24, 2.45) is 0 Å². The summed E-state index contributed by atoms with van der Waals surface area (Å²) in [7, 11) is 1.32. The van der Waals surface area contributed by atoms with Crippen LogP contribution in [0.4, 0.5) is 20.2 Å². The third-order valence-electron chi connectivity index (χ3n) is 6.94. The normalized spacial score (nSPS) is 12.8. The second-order valence-corrected chi connectivity index (χ2v) is 9.50. The van der Waals surface area contributed by atoms with Crippen molar-refractivity contribution in [3.8, 4) is 36.0 Å². The van der Waals surface area contributed by atoms with Crippen LogP contribution in [0, 0.1) is 46.6 Å². The lowest BCUT2D eigenvalue weighted by Gasteiger charge is -2.16. The Bertz CT molecular complexity index is 2040. The molecular formula is C34H18F2N4O6. The van der Waals surface area contributed by atoms with Crippen LogP contribution in [0.5, 0.6) is 11.5 Å². The third-order valence-corrected chi connectivity index (χ3v) is 6.94. The molecule has 12 heteroatoms. The van der Waals surface area contributed by atoms with Crippen molar-refractivity contribution < 1.29 is 37.4 Å². The molecule has 224 valence electrons. The number of imide groups is 2. The standard InChI is InChI=1S/C18H9FN2O3.C16H9FN2O3/c1-2-7-24-16-9-15(14(19)8-11(16)10-20)21-17(22)12-5-3-4-6-13(12)18(21)23;1-22-14-7-13(12(17)6-9(14)8-18)19-15(20)10-4-2-3-5-11(10)16(19)21/h1,3-6,8-9H,7H2;2-7H,1H3. The quantitative estimate of drug-likeness (QED) is 0.225. The zero-order valence-corrected chi connectivity index (χ0v) is 23.7. The zero-order chi connectivity index (χ0) is 33.1. The number of carbonyl (C=O) groups excluding carboxylic acids is 4. The summed E-state index contributed by atoms with van der Waals surface area (Å²) in [5.41, 5.74) is 0.206. The summed E-state index contributed by atoms with van der Waals surface area (Å²) in [6.45, 7) is -0.137. The molecule has 46 heavy (non-hydrogen) atoms. The number of anilines is 2. The zero-order valence-electron chi connectivity index (χ0n) is 23.7. The highest BCUT2D eigenvalue weighted by molar-refractivity contribution is 6.35. The number of nitrogens with zero attached hydrogens (tertiary/aromatic N) is 4. The van der Waals surface area contributed by atoms with Crippen molar-refractivity contribution in [1.29, 1.82) is 10.5 Å². The maximum atomic E-state index is 14.4. The van der Waals surface area contributed by atoms with Crippen molar-refractivity contribution in [1.82, 2.24) is 0 Å². The molecule has 2 aliphatic rings. The van der Waals surface area contributed by atoms with Crippen LogP contribution in [0.15, 0.2) is 72.8 Å². The molecule has 0 spiro atoms. The summed E-state index contributed by atoms with van der Waals surface area (Å²) in [5, 5.41) is 18.0. The number of ether oxygens (including phenoxy) is 2. The van der Waals surface area contributed by atoms with Gasteiger partial charge in [0.15, 0.2) is 0 Å². The van der Waals surface area contributed by atoms with E-state index in [9.17, 15) is 28.0 Å². The number of methoxy groups -OCH3 is 1. The first-order valence-corrected chi connectivity index (χ1v) is 13.2. The van der Waals surface area contributed by atoms with Crippen LogP contribution in [-0.2, 0) is 0 Å². The number of nitriles is 2. The number of benzene rings is 4. The van der Waals surface area contributed by atoms with Crippen molar-refractivity contribution >= 4 is 35.0 Å². The second-order valence-electron chi connectivity index (χ2n) is 9.50. The minimum atomic E-state index is -0.880. The van der Waals surface area contributed by atoms with Gasteiger partial charge in [-0.2, -0.15) is 10.5 Å². The molecule has 0 atom stereocenters. The van der Waals surface area contributed by atoms with E-state index in [0.717, 1.165) is 28.0 Å². The van der Waals surface area contributed by atoms with E-state index in [1.165, 1.54) is 37.4 Å². The van der Waals surface area contributed by atoms with E-state index >= 15 is 0 Å². The highest BCUT2D eigenvalue weighted by Crippen LogP contribution is 2.35. The van der Waals surface area contributed by atoms with Crippen LogP contribution < -0.4 is 19.3 Å². The van der Waals surface area contributed by atoms with Gasteiger partial charge < -0.3 is 9.47 Å². The summed E-state index contributed by atoms with van der Waals surface area (Å²) in [5.74, 6) is -1.88. The molecule has 0 aliphatic carbocycles. The van der Waals surface area contributed by atoms with E-state index in [1.54, 1.807) is 36.4 Å². The van der Waals surface area contributed by atoms with Gasteiger partial charge in [-0.15, -0.1) is 6.42 Å². The molecule has 0 saturated carbocycles. The van der Waals surface area contributed by atoms with E-state index in [1.807, 2.05) is 0 Å². The maximum Gasteiger partial charge on any atom is 0.266 e. The van der Waals surface area contributed by atoms with E-state index < -0.39 is 35.3 Å². The van der Waals surface area contributed by atoms with Crippen LogP contribution in [0.1, 0.15) is 52.6 Å². The Morgan fingerprint density at radius 2 is 1.04 bits per heavy atom. The first kappa shape index (κ1) is 30.6. The van der Waals surface area contributed by atoms with E-state index in [2.05, 4.69) is 5.92 Å². The first-order valence-electron chi connectivity index (χ1n) is 13.2. The van der Waals surface area contributed by atoms with Crippen LogP contribution in [0.2, 0.25) is 0 Å². The van der Waals surface area contributed by atoms with Gasteiger partial charge in [-0.05, 0) is 36.4 Å². The highest BCUT2D eigenvalue weighted by atomic mass is 19.1. The predicted octanol–water partition coefficient (Wildman–Crippen LogP) is 5.02. The van der Waals surface area contributed by atoms with Crippen molar-refractivity contribution in [2.45, 2.75) is 0 Å². The lowest BCUT2D eigenvalue weighted by molar-refractivity contribution is 0.0909. The Balaban J connectivity index is 0.000000182. The van der Waals surface area contributed by atoms with Gasteiger partial charge in [0.1, 0.15) is 41.9 Å². The number of hydrogen-bond acceptors (Lipinski definition) is 8. The van der Waals surface area contributed by atoms with Gasteiger partial charge in [0.05, 0.1) is 51.9 Å². The molecule has 0 unspecified atom stereocenters. The number of carbonyl (C=O) groups is 4. The van der Waals surface area contributed by atoms with Crippen molar-refractivity contribution in [3.05, 3.63) is 118 Å². The molecule has 0 radical (unpaired) electrons. The number of fused-ring (bicyclic) bond motifs is 2. The Hall–Kier alpha value is -6.84. The molecule has 4 aromatic carbocycles. The molecule has 0 N–H and O–H groups in total. The van der Waals surface area contributed by atoms with Crippen molar-refractivity contribution in [3.63, 3.8) is 0 Å². The Labute approximate surface area is 260 Å². The van der Waals surface area contributed by atoms with Crippen LogP contribution in [0.3, 0.4) is 0 Å². The molecule has 10 nitrogen and oxygen atoms in total. The first-order chi connectivity index (χ1) is 22.2. The van der Waals surface area contributed by atoms with E-state index in [0.29, 0.717) is 0 Å². The largest absolute Gasteiger partial charge is 0.495 e. The molecular weight excluding hydrogens is 598 g/mol. The molecule has 4 aromatic rings. The molecule has 6 rings (SSSR count). The molecule has 2 heterocycles. The van der Waals surface area contributed by atoms with Crippen LogP contribution in [0.25, 0.3) is 0 Å². The van der Waals surface area contributed by atoms with Gasteiger partial charge in [-0.3, -0.25) is 19.2 Å². The second kappa shape index (κ2) is 12.4. The summed E-state index contributed by atoms with van der Waals surface area (Å²) < 4.78 is 38.8. The van der Waals surface area contributed by atoms with Crippen LogP contribution >= 0.6 is 0 Å². The smallest absolute Gasteiger partial charge is 0.266 e. The fourth-order valence-electron chi connectivity index (χ4n) is 4.83. The van der Waals surface area contributed by atoms with Gasteiger partial charge in [0.2, 0.25) is 0 Å². The molecule has 0 fully saturated rings. The van der Waals surface area contributed by atoms with Crippen molar-refractivity contribution in [2.75, 3.05) is 23.5 Å². The monoisotopic (exact) mass is 616 g/mol. The Morgan fingerprint density at radius 1 is 0.674 bits per heavy atom. The molecule has 0 saturated heterocycles. The lowest BCUT2D eigenvalue weighted by atomic mass is 10.1. The molecule has 0 aromatic heterocycles. The number of rotatable bonds is 5. The molecule has 4 amide bonds. The van der Waals surface area contributed by atoms with Crippen LogP contribution in [-0.4, -0.2) is 37.3 Å². The predicted molar refractivity (Wildman–Crippen MR) is 158 cm³/mol. The van der Waals surface area contributed by atoms with Gasteiger partial charge in [0.25, 0.3) is 23.6 Å². The number of halogens is 2. The summed E-state index contributed by atoms with van der Waals surface area (Å²) in [6, 6.07) is 20.2. The van der Waals surface area contributed by atoms with E-state index in [4.69, 9.17) is 26.4 Å². The average molecular weight is 617 g/mol. The Kier molecular flexibility index (Phi) is 8.26.